The highest BCUT2D eigenvalue weighted by Gasteiger charge is 2.30. The fourth-order valence-electron chi connectivity index (χ4n) is 1.70. The van der Waals surface area contributed by atoms with Gasteiger partial charge in [0.1, 0.15) is 11.8 Å². The summed E-state index contributed by atoms with van der Waals surface area (Å²) in [5, 5.41) is 8.97. The number of nitrogens with zero attached hydrogens (tertiary/aromatic N) is 1. The number of halogens is 3. The van der Waals surface area contributed by atoms with Gasteiger partial charge >= 0.3 is 6.18 Å². The van der Waals surface area contributed by atoms with Gasteiger partial charge in [-0.15, -0.1) is 0 Å². The normalized spacial score (nSPS) is 10.8. The van der Waals surface area contributed by atoms with Gasteiger partial charge in [0.2, 0.25) is 0 Å². The molecule has 3 nitrogen and oxygen atoms in total. The Balaban J connectivity index is 2.44. The van der Waals surface area contributed by atoms with Crippen molar-refractivity contribution in [2.24, 2.45) is 0 Å². The molecule has 2 rings (SSSR count). The molecular formula is C15H8F3NO2. The summed E-state index contributed by atoms with van der Waals surface area (Å²) in [5.74, 6) is -0.162. The van der Waals surface area contributed by atoms with Crippen LogP contribution in [0.4, 0.5) is 13.2 Å². The van der Waals surface area contributed by atoms with E-state index in [0.717, 1.165) is 12.1 Å². The van der Waals surface area contributed by atoms with E-state index in [9.17, 15) is 18.0 Å². The van der Waals surface area contributed by atoms with Gasteiger partial charge < -0.3 is 4.74 Å². The third-order valence-electron chi connectivity index (χ3n) is 2.67. The van der Waals surface area contributed by atoms with Gasteiger partial charge in [-0.2, -0.15) is 18.4 Å². The number of rotatable bonds is 3. The summed E-state index contributed by atoms with van der Waals surface area (Å²) >= 11 is 0. The first kappa shape index (κ1) is 14.6. The minimum absolute atomic E-state index is 0.0608. The Morgan fingerprint density at radius 2 is 1.86 bits per heavy atom. The molecular weight excluding hydrogens is 283 g/mol. The fraction of sp³-hybridized carbons (Fsp3) is 0.0667. The minimum atomic E-state index is -4.50. The number of benzene rings is 2. The number of ether oxygens (including phenoxy) is 1. The average molecular weight is 291 g/mol. The number of carbonyl (C=O) groups excluding carboxylic acids is 1. The maximum absolute atomic E-state index is 12.6. The molecule has 2 aromatic carbocycles. The van der Waals surface area contributed by atoms with Crippen LogP contribution in [-0.4, -0.2) is 6.29 Å². The molecule has 2 aromatic rings. The maximum Gasteiger partial charge on any atom is 0.416 e. The van der Waals surface area contributed by atoms with Gasteiger partial charge in [-0.25, -0.2) is 0 Å². The smallest absolute Gasteiger partial charge is 0.416 e. The van der Waals surface area contributed by atoms with Crippen molar-refractivity contribution < 1.29 is 22.7 Å². The molecule has 0 saturated carbocycles. The van der Waals surface area contributed by atoms with Gasteiger partial charge in [0.05, 0.1) is 16.7 Å². The van der Waals surface area contributed by atoms with Gasteiger partial charge in [-0.05, 0) is 30.3 Å². The monoisotopic (exact) mass is 291 g/mol. The van der Waals surface area contributed by atoms with E-state index in [1.54, 1.807) is 0 Å². The molecule has 21 heavy (non-hydrogen) atoms. The van der Waals surface area contributed by atoms with Gasteiger partial charge in [-0.1, -0.05) is 12.1 Å². The predicted molar refractivity (Wildman–Crippen MR) is 68.1 cm³/mol. The molecule has 0 heterocycles. The molecule has 0 atom stereocenters. The summed E-state index contributed by atoms with van der Waals surface area (Å²) in [5.41, 5.74) is -0.717. The van der Waals surface area contributed by atoms with E-state index in [1.807, 2.05) is 6.07 Å². The number of carbonyl (C=O) groups is 1. The Kier molecular flexibility index (Phi) is 3.94. The molecule has 0 aliphatic rings. The molecule has 0 radical (unpaired) electrons. The Morgan fingerprint density at radius 1 is 1.14 bits per heavy atom. The van der Waals surface area contributed by atoms with Crippen molar-refractivity contribution in [3.05, 3.63) is 59.2 Å². The number of nitriles is 1. The second-order valence-electron chi connectivity index (χ2n) is 4.08. The zero-order chi connectivity index (χ0) is 15.5. The van der Waals surface area contributed by atoms with Crippen LogP contribution in [0.5, 0.6) is 11.5 Å². The lowest BCUT2D eigenvalue weighted by Crippen LogP contribution is -2.04. The summed E-state index contributed by atoms with van der Waals surface area (Å²) < 4.78 is 43.2. The number of hydrogen-bond acceptors (Lipinski definition) is 3. The van der Waals surface area contributed by atoms with E-state index in [1.165, 1.54) is 30.3 Å². The highest BCUT2D eigenvalue weighted by atomic mass is 19.4. The molecule has 0 aliphatic carbocycles. The second kappa shape index (κ2) is 5.67. The molecule has 106 valence electrons. The van der Waals surface area contributed by atoms with Crippen LogP contribution in [0.2, 0.25) is 0 Å². The fourth-order valence-corrected chi connectivity index (χ4v) is 1.70. The lowest BCUT2D eigenvalue weighted by molar-refractivity contribution is -0.137. The van der Waals surface area contributed by atoms with Crippen molar-refractivity contribution in [2.45, 2.75) is 6.18 Å². The molecule has 0 bridgehead atoms. The molecule has 0 fully saturated rings. The van der Waals surface area contributed by atoms with Crippen LogP contribution in [0.1, 0.15) is 21.5 Å². The van der Waals surface area contributed by atoms with E-state index >= 15 is 0 Å². The topological polar surface area (TPSA) is 50.1 Å². The summed E-state index contributed by atoms with van der Waals surface area (Å²) in [7, 11) is 0. The first-order valence-corrected chi connectivity index (χ1v) is 5.79. The van der Waals surface area contributed by atoms with Crippen molar-refractivity contribution >= 4 is 6.29 Å². The Morgan fingerprint density at radius 3 is 2.48 bits per heavy atom. The largest absolute Gasteiger partial charge is 0.455 e. The molecule has 0 amide bonds. The lowest BCUT2D eigenvalue weighted by atomic mass is 10.1. The summed E-state index contributed by atoms with van der Waals surface area (Å²) in [6.07, 6.45) is -4.02. The first-order valence-electron chi connectivity index (χ1n) is 5.79. The van der Waals surface area contributed by atoms with Gasteiger partial charge in [0.15, 0.2) is 12.0 Å². The molecule has 0 aromatic heterocycles. The van der Waals surface area contributed by atoms with Gasteiger partial charge in [0.25, 0.3) is 0 Å². The standard InChI is InChI=1S/C15H8F3NO2/c16-15(17,18)12-5-2-6-13(7-12)21-14-10(8-19)3-1-4-11(14)9-20/h1-7,9H. The van der Waals surface area contributed by atoms with Crippen LogP contribution >= 0.6 is 0 Å². The third kappa shape index (κ3) is 3.20. The number of aldehydes is 1. The van der Waals surface area contributed by atoms with Crippen LogP contribution in [-0.2, 0) is 6.18 Å². The van der Waals surface area contributed by atoms with E-state index in [-0.39, 0.29) is 22.6 Å². The SMILES string of the molecule is N#Cc1cccc(C=O)c1Oc1cccc(C(F)(F)F)c1. The number of hydrogen-bond donors (Lipinski definition) is 0. The van der Waals surface area contributed by atoms with Gasteiger partial charge in [0, 0.05) is 0 Å². The maximum atomic E-state index is 12.6. The minimum Gasteiger partial charge on any atom is -0.455 e. The van der Waals surface area contributed by atoms with E-state index < -0.39 is 11.7 Å². The summed E-state index contributed by atoms with van der Waals surface area (Å²) in [4.78, 5) is 10.9. The highest BCUT2D eigenvalue weighted by molar-refractivity contribution is 5.81. The lowest BCUT2D eigenvalue weighted by Gasteiger charge is -2.12. The zero-order valence-corrected chi connectivity index (χ0v) is 10.5. The molecule has 0 aliphatic heterocycles. The summed E-state index contributed by atoms with van der Waals surface area (Å²) in [6, 6.07) is 10.4. The zero-order valence-electron chi connectivity index (χ0n) is 10.5. The van der Waals surface area contributed by atoms with E-state index in [2.05, 4.69) is 0 Å². The molecule has 0 unspecified atom stereocenters. The number of alkyl halides is 3. The van der Waals surface area contributed by atoms with Crippen molar-refractivity contribution in [3.63, 3.8) is 0 Å². The van der Waals surface area contributed by atoms with Crippen molar-refractivity contribution in [1.82, 2.24) is 0 Å². The Bertz CT molecular complexity index is 718. The van der Waals surface area contributed by atoms with E-state index in [0.29, 0.717) is 6.29 Å². The molecule has 0 N–H and O–H groups in total. The number of para-hydroxylation sites is 1. The molecule has 0 spiro atoms. The summed E-state index contributed by atoms with van der Waals surface area (Å²) in [6.45, 7) is 0. The first-order chi connectivity index (χ1) is 9.95. The Hall–Kier alpha value is -2.81. The van der Waals surface area contributed by atoms with Crippen LogP contribution in [0, 0.1) is 11.3 Å². The second-order valence-corrected chi connectivity index (χ2v) is 4.08. The third-order valence-corrected chi connectivity index (χ3v) is 2.67. The Labute approximate surface area is 118 Å². The van der Waals surface area contributed by atoms with Crippen molar-refractivity contribution in [1.29, 1.82) is 5.26 Å². The van der Waals surface area contributed by atoms with Crippen LogP contribution < -0.4 is 4.74 Å². The predicted octanol–water partition coefficient (Wildman–Crippen LogP) is 4.18. The molecule has 0 saturated heterocycles. The van der Waals surface area contributed by atoms with Crippen molar-refractivity contribution in [2.75, 3.05) is 0 Å². The highest BCUT2D eigenvalue weighted by Crippen LogP contribution is 2.34. The average Bonchev–Trinajstić information content (AvgIpc) is 2.47. The van der Waals surface area contributed by atoms with Crippen LogP contribution in [0.25, 0.3) is 0 Å². The van der Waals surface area contributed by atoms with E-state index in [4.69, 9.17) is 10.00 Å². The van der Waals surface area contributed by atoms with Crippen LogP contribution in [0.3, 0.4) is 0 Å². The van der Waals surface area contributed by atoms with Crippen molar-refractivity contribution in [3.8, 4) is 17.6 Å². The molecule has 6 heteroatoms. The van der Waals surface area contributed by atoms with Gasteiger partial charge in [-0.3, -0.25) is 4.79 Å². The quantitative estimate of drug-likeness (QED) is 0.797. The van der Waals surface area contributed by atoms with Crippen LogP contribution in [0.15, 0.2) is 42.5 Å².